The molecule has 1 unspecified atom stereocenters. The average molecular weight is 385 g/mol. The number of guanidine groups is 1. The summed E-state index contributed by atoms with van der Waals surface area (Å²) in [5, 5.41) is 10.2. The minimum atomic E-state index is -0.269. The zero-order chi connectivity index (χ0) is 19.6. The molecule has 0 bridgehead atoms. The van der Waals surface area contributed by atoms with Crippen LogP contribution < -0.4 is 20.9 Å². The van der Waals surface area contributed by atoms with Gasteiger partial charge in [0.25, 0.3) is 0 Å². The van der Waals surface area contributed by atoms with Gasteiger partial charge in [0.2, 0.25) is 0 Å². The molecule has 0 spiro atoms. The molecule has 1 aliphatic heterocycles. The van der Waals surface area contributed by atoms with Crippen molar-refractivity contribution in [2.24, 2.45) is 4.99 Å². The molecule has 2 heterocycles. The van der Waals surface area contributed by atoms with E-state index in [1.807, 2.05) is 23.1 Å². The number of halogens is 1. The number of nitrogens with zero attached hydrogens (tertiary/aromatic N) is 3. The molecule has 28 heavy (non-hydrogen) atoms. The Hall–Kier alpha value is -2.83. The summed E-state index contributed by atoms with van der Waals surface area (Å²) in [5.74, 6) is 0.978. The fourth-order valence-corrected chi connectivity index (χ4v) is 3.25. The van der Waals surface area contributed by atoms with E-state index < -0.39 is 0 Å². The van der Waals surface area contributed by atoms with Crippen LogP contribution in [0.5, 0.6) is 0 Å². The number of hydrogen-bond donors (Lipinski definition) is 3. The van der Waals surface area contributed by atoms with Crippen molar-refractivity contribution in [3.63, 3.8) is 0 Å². The van der Waals surface area contributed by atoms with Crippen molar-refractivity contribution in [2.45, 2.75) is 25.8 Å². The molecule has 0 radical (unpaired) electrons. The second-order valence-electron chi connectivity index (χ2n) is 6.79. The first-order valence-corrected chi connectivity index (χ1v) is 9.95. The molecule has 3 rings (SSSR count). The van der Waals surface area contributed by atoms with E-state index in [4.69, 9.17) is 0 Å². The third kappa shape index (κ3) is 5.84. The maximum Gasteiger partial charge on any atom is 0.191 e. The molecule has 1 aliphatic rings. The van der Waals surface area contributed by atoms with Gasteiger partial charge in [-0.05, 0) is 44.0 Å². The van der Waals surface area contributed by atoms with Crippen LogP contribution in [0.25, 0.3) is 0 Å². The third-order valence-electron chi connectivity index (χ3n) is 4.62. The van der Waals surface area contributed by atoms with Crippen molar-refractivity contribution >= 4 is 17.5 Å². The molecule has 6 nitrogen and oxygen atoms in total. The Kier molecular flexibility index (Phi) is 7.46. The first-order valence-electron chi connectivity index (χ1n) is 9.95. The Balaban J connectivity index is 1.45. The van der Waals surface area contributed by atoms with Crippen LogP contribution in [-0.4, -0.2) is 49.7 Å². The Morgan fingerprint density at radius 3 is 2.89 bits per heavy atom. The van der Waals surface area contributed by atoms with E-state index in [1.54, 1.807) is 12.3 Å². The van der Waals surface area contributed by atoms with E-state index in [-0.39, 0.29) is 11.9 Å². The van der Waals surface area contributed by atoms with Crippen molar-refractivity contribution < 1.29 is 4.39 Å². The molecule has 3 N–H and O–H groups in total. The highest BCUT2D eigenvalue weighted by atomic mass is 19.1. The van der Waals surface area contributed by atoms with Gasteiger partial charge in [-0.1, -0.05) is 18.2 Å². The van der Waals surface area contributed by atoms with Crippen LogP contribution in [0, 0.1) is 5.82 Å². The van der Waals surface area contributed by atoms with Gasteiger partial charge in [0, 0.05) is 50.6 Å². The topological polar surface area (TPSA) is 64.6 Å². The van der Waals surface area contributed by atoms with Crippen molar-refractivity contribution in [1.82, 2.24) is 15.6 Å². The molecule has 1 aromatic carbocycles. The highest BCUT2D eigenvalue weighted by Gasteiger charge is 2.25. The number of rotatable bonds is 8. The smallest absolute Gasteiger partial charge is 0.191 e. The van der Waals surface area contributed by atoms with E-state index >= 15 is 0 Å². The average Bonchev–Trinajstić information content (AvgIpc) is 3.17. The maximum atomic E-state index is 13.9. The lowest BCUT2D eigenvalue weighted by Gasteiger charge is -2.20. The predicted molar refractivity (Wildman–Crippen MR) is 113 cm³/mol. The molecular weight excluding hydrogens is 355 g/mol. The lowest BCUT2D eigenvalue weighted by Crippen LogP contribution is -2.44. The largest absolute Gasteiger partial charge is 0.385 e. The van der Waals surface area contributed by atoms with Crippen molar-refractivity contribution in [3.05, 3.63) is 54.5 Å². The molecule has 150 valence electrons. The van der Waals surface area contributed by atoms with Crippen LogP contribution in [0.2, 0.25) is 0 Å². The summed E-state index contributed by atoms with van der Waals surface area (Å²) >= 11 is 0. The Morgan fingerprint density at radius 1 is 1.25 bits per heavy atom. The number of hydrogen-bond acceptors (Lipinski definition) is 4. The summed E-state index contributed by atoms with van der Waals surface area (Å²) in [7, 11) is 0. The standard InChI is InChI=1S/C21H29FN6/c1-2-23-21(26-14-7-13-24-17-8-4-3-5-9-17)27-18-11-15-28(16-18)20-19(22)10-6-12-25-20/h3-6,8-10,12,18,24H,2,7,11,13-16H2,1H3,(H2,23,26,27). The normalized spacial score (nSPS) is 16.9. The highest BCUT2D eigenvalue weighted by molar-refractivity contribution is 5.80. The van der Waals surface area contributed by atoms with Gasteiger partial charge >= 0.3 is 0 Å². The van der Waals surface area contributed by atoms with Crippen LogP contribution in [-0.2, 0) is 0 Å². The fourth-order valence-electron chi connectivity index (χ4n) is 3.25. The van der Waals surface area contributed by atoms with Gasteiger partial charge in [-0.3, -0.25) is 4.99 Å². The fraction of sp³-hybridized carbons (Fsp3) is 0.429. The van der Waals surface area contributed by atoms with Crippen LogP contribution >= 0.6 is 0 Å². The molecule has 2 aromatic rings. The predicted octanol–water partition coefficient (Wildman–Crippen LogP) is 2.86. The number of pyridine rings is 1. The summed E-state index contributed by atoms with van der Waals surface area (Å²) in [6, 6.07) is 13.5. The van der Waals surface area contributed by atoms with E-state index in [1.165, 1.54) is 6.07 Å². The van der Waals surface area contributed by atoms with Gasteiger partial charge in [-0.2, -0.15) is 0 Å². The summed E-state index contributed by atoms with van der Waals surface area (Å²) in [5.41, 5.74) is 1.13. The van der Waals surface area contributed by atoms with Crippen LogP contribution in [0.15, 0.2) is 53.7 Å². The summed E-state index contributed by atoms with van der Waals surface area (Å²) in [6.07, 6.45) is 3.51. The quantitative estimate of drug-likeness (QED) is 0.371. The van der Waals surface area contributed by atoms with Crippen LogP contribution in [0.1, 0.15) is 19.8 Å². The van der Waals surface area contributed by atoms with Crippen molar-refractivity contribution in [2.75, 3.05) is 42.9 Å². The Labute approximate surface area is 166 Å². The minimum absolute atomic E-state index is 0.224. The van der Waals surface area contributed by atoms with Gasteiger partial charge < -0.3 is 20.9 Å². The lowest BCUT2D eigenvalue weighted by molar-refractivity contribution is 0.612. The van der Waals surface area contributed by atoms with E-state index in [2.05, 4.69) is 45.0 Å². The molecule has 0 amide bonds. The van der Waals surface area contributed by atoms with Crippen LogP contribution in [0.3, 0.4) is 0 Å². The third-order valence-corrected chi connectivity index (χ3v) is 4.62. The molecule has 1 atom stereocenters. The summed E-state index contributed by atoms with van der Waals surface area (Å²) in [4.78, 5) is 10.8. The second-order valence-corrected chi connectivity index (χ2v) is 6.79. The zero-order valence-electron chi connectivity index (χ0n) is 16.4. The molecule has 1 fully saturated rings. The molecule has 1 aromatic heterocycles. The first-order chi connectivity index (χ1) is 13.8. The van der Waals surface area contributed by atoms with Gasteiger partial charge in [0.1, 0.15) is 0 Å². The maximum absolute atomic E-state index is 13.9. The molecule has 0 aliphatic carbocycles. The second kappa shape index (κ2) is 10.5. The van der Waals surface area contributed by atoms with Crippen LogP contribution in [0.4, 0.5) is 15.9 Å². The molecule has 1 saturated heterocycles. The lowest BCUT2D eigenvalue weighted by atomic mass is 10.3. The number of benzene rings is 1. The van der Waals surface area contributed by atoms with Gasteiger partial charge in [-0.25, -0.2) is 9.37 Å². The Morgan fingerprint density at radius 2 is 2.11 bits per heavy atom. The van der Waals surface area contributed by atoms with Gasteiger partial charge in [0.05, 0.1) is 0 Å². The summed E-state index contributed by atoms with van der Waals surface area (Å²) in [6.45, 7) is 5.97. The van der Waals surface area contributed by atoms with E-state index in [0.29, 0.717) is 12.4 Å². The minimum Gasteiger partial charge on any atom is -0.385 e. The van der Waals surface area contributed by atoms with Crippen molar-refractivity contribution in [1.29, 1.82) is 0 Å². The SMILES string of the molecule is CCNC(=NCCCNc1ccccc1)NC1CCN(c2ncccc2F)C1. The van der Waals surface area contributed by atoms with Gasteiger partial charge in [0.15, 0.2) is 17.6 Å². The van der Waals surface area contributed by atoms with Gasteiger partial charge in [-0.15, -0.1) is 0 Å². The number of para-hydroxylation sites is 1. The zero-order valence-corrected chi connectivity index (χ0v) is 16.4. The first kappa shape index (κ1) is 19.9. The highest BCUT2D eigenvalue weighted by Crippen LogP contribution is 2.20. The monoisotopic (exact) mass is 384 g/mol. The molecular formula is C21H29FN6. The number of aromatic nitrogens is 1. The summed E-state index contributed by atoms with van der Waals surface area (Å²) < 4.78 is 13.9. The Bertz CT molecular complexity index is 752. The van der Waals surface area contributed by atoms with Crippen molar-refractivity contribution in [3.8, 4) is 0 Å². The number of anilines is 2. The number of nitrogens with one attached hydrogen (secondary N) is 3. The van der Waals surface area contributed by atoms with E-state index in [0.717, 1.165) is 50.7 Å². The number of aliphatic imine (C=N–C) groups is 1. The molecule has 7 heteroatoms. The van der Waals surface area contributed by atoms with E-state index in [9.17, 15) is 4.39 Å². The molecule has 0 saturated carbocycles.